The maximum atomic E-state index is 12.3. The zero-order valence-electron chi connectivity index (χ0n) is 9.74. The molecule has 1 saturated heterocycles. The normalized spacial score (nSPS) is 18.2. The highest BCUT2D eigenvalue weighted by atomic mass is 16.5. The van der Waals surface area contributed by atoms with E-state index in [1.807, 2.05) is 23.1 Å². The predicted octanol–water partition coefficient (Wildman–Crippen LogP) is 1.73. The second-order valence-corrected chi connectivity index (χ2v) is 4.46. The second kappa shape index (κ2) is 4.28. The van der Waals surface area contributed by atoms with Gasteiger partial charge in [0.2, 0.25) is 0 Å². The molecular formula is C13H16N2O2. The third kappa shape index (κ3) is 1.84. The Morgan fingerprint density at radius 3 is 2.94 bits per heavy atom. The molecule has 1 N–H and O–H groups in total. The fourth-order valence-corrected chi connectivity index (χ4v) is 2.43. The van der Waals surface area contributed by atoms with E-state index in [1.165, 1.54) is 0 Å². The average molecular weight is 232 g/mol. The van der Waals surface area contributed by atoms with E-state index in [1.54, 1.807) is 0 Å². The van der Waals surface area contributed by atoms with Crippen LogP contribution in [0.15, 0.2) is 18.2 Å². The minimum absolute atomic E-state index is 0.100. The molecule has 0 spiro atoms. The topological polar surface area (TPSA) is 41.6 Å². The van der Waals surface area contributed by atoms with Gasteiger partial charge in [-0.3, -0.25) is 4.79 Å². The number of hydrogen-bond donors (Lipinski definition) is 1. The van der Waals surface area contributed by atoms with E-state index in [-0.39, 0.29) is 5.91 Å². The van der Waals surface area contributed by atoms with Crippen LogP contribution in [0.5, 0.6) is 5.75 Å². The van der Waals surface area contributed by atoms with E-state index in [4.69, 9.17) is 4.74 Å². The van der Waals surface area contributed by atoms with Gasteiger partial charge in [0.05, 0.1) is 11.3 Å². The zero-order chi connectivity index (χ0) is 11.7. The summed E-state index contributed by atoms with van der Waals surface area (Å²) in [6.45, 7) is 3.16. The van der Waals surface area contributed by atoms with Gasteiger partial charge in [-0.1, -0.05) is 6.07 Å². The largest absolute Gasteiger partial charge is 0.489 e. The van der Waals surface area contributed by atoms with Crippen LogP contribution in [0.1, 0.15) is 23.2 Å². The van der Waals surface area contributed by atoms with E-state index in [0.717, 1.165) is 43.9 Å². The summed E-state index contributed by atoms with van der Waals surface area (Å²) in [7, 11) is 0. The van der Waals surface area contributed by atoms with Crippen molar-refractivity contribution in [2.45, 2.75) is 12.8 Å². The fraction of sp³-hybridized carbons (Fsp3) is 0.462. The molecule has 0 bridgehead atoms. The third-order valence-electron chi connectivity index (χ3n) is 3.30. The van der Waals surface area contributed by atoms with Gasteiger partial charge in [-0.25, -0.2) is 0 Å². The molecule has 4 nitrogen and oxygen atoms in total. The molecule has 2 aliphatic heterocycles. The molecule has 0 aliphatic carbocycles. The van der Waals surface area contributed by atoms with Crippen LogP contribution in [0.3, 0.4) is 0 Å². The lowest BCUT2D eigenvalue weighted by Crippen LogP contribution is -2.29. The fourth-order valence-electron chi connectivity index (χ4n) is 2.43. The maximum Gasteiger partial charge on any atom is 0.257 e. The number of benzene rings is 1. The molecule has 2 aliphatic rings. The highest BCUT2D eigenvalue weighted by Crippen LogP contribution is 2.32. The number of nitrogens with one attached hydrogen (secondary N) is 1. The summed E-state index contributed by atoms with van der Waals surface area (Å²) in [6, 6.07) is 5.71. The summed E-state index contributed by atoms with van der Waals surface area (Å²) in [5.74, 6) is 0.818. The highest BCUT2D eigenvalue weighted by Gasteiger charge is 2.24. The van der Waals surface area contributed by atoms with E-state index in [9.17, 15) is 4.79 Å². The van der Waals surface area contributed by atoms with Crippen molar-refractivity contribution in [1.29, 1.82) is 0 Å². The zero-order valence-corrected chi connectivity index (χ0v) is 9.74. The van der Waals surface area contributed by atoms with Crippen molar-refractivity contribution in [3.05, 3.63) is 23.8 Å². The van der Waals surface area contributed by atoms with Crippen LogP contribution in [0, 0.1) is 0 Å². The Kier molecular flexibility index (Phi) is 2.63. The van der Waals surface area contributed by atoms with Crippen LogP contribution in [0.25, 0.3) is 0 Å². The molecule has 90 valence electrons. The van der Waals surface area contributed by atoms with E-state index in [2.05, 4.69) is 5.32 Å². The van der Waals surface area contributed by atoms with Crippen LogP contribution >= 0.6 is 0 Å². The molecule has 0 atom stereocenters. The number of hydrogen-bond acceptors (Lipinski definition) is 3. The lowest BCUT2D eigenvalue weighted by atomic mass is 10.1. The number of ether oxygens (including phenoxy) is 1. The SMILES string of the molecule is O=C(c1cccc2c1OCCN2)N1CCCC1. The first kappa shape index (κ1) is 10.4. The molecule has 0 unspecified atom stereocenters. The Labute approximate surface area is 101 Å². The van der Waals surface area contributed by atoms with E-state index < -0.39 is 0 Å². The molecule has 1 fully saturated rings. The number of carbonyl (C=O) groups excluding carboxylic acids is 1. The van der Waals surface area contributed by atoms with Crippen LogP contribution in [0.4, 0.5) is 5.69 Å². The summed E-state index contributed by atoms with van der Waals surface area (Å²) in [6.07, 6.45) is 2.22. The predicted molar refractivity (Wildman–Crippen MR) is 65.6 cm³/mol. The lowest BCUT2D eigenvalue weighted by Gasteiger charge is -2.23. The minimum Gasteiger partial charge on any atom is -0.489 e. The molecule has 0 aromatic heterocycles. The van der Waals surface area contributed by atoms with Crippen molar-refractivity contribution in [2.24, 2.45) is 0 Å². The Hall–Kier alpha value is -1.71. The highest BCUT2D eigenvalue weighted by molar-refractivity contribution is 5.99. The van der Waals surface area contributed by atoms with E-state index in [0.29, 0.717) is 12.2 Å². The van der Waals surface area contributed by atoms with Gasteiger partial charge in [-0.2, -0.15) is 0 Å². The number of anilines is 1. The monoisotopic (exact) mass is 232 g/mol. The minimum atomic E-state index is 0.100. The summed E-state index contributed by atoms with van der Waals surface area (Å²) < 4.78 is 5.63. The van der Waals surface area contributed by atoms with Crippen LogP contribution in [-0.2, 0) is 0 Å². The molecule has 0 radical (unpaired) electrons. The van der Waals surface area contributed by atoms with Crippen molar-refractivity contribution < 1.29 is 9.53 Å². The van der Waals surface area contributed by atoms with Crippen molar-refractivity contribution in [2.75, 3.05) is 31.6 Å². The van der Waals surface area contributed by atoms with Gasteiger partial charge < -0.3 is 15.0 Å². The van der Waals surface area contributed by atoms with Gasteiger partial charge in [0.25, 0.3) is 5.91 Å². The molecular weight excluding hydrogens is 216 g/mol. The number of rotatable bonds is 1. The smallest absolute Gasteiger partial charge is 0.257 e. The number of nitrogens with zero attached hydrogens (tertiary/aromatic N) is 1. The second-order valence-electron chi connectivity index (χ2n) is 4.46. The lowest BCUT2D eigenvalue weighted by molar-refractivity contribution is 0.0788. The van der Waals surface area contributed by atoms with Gasteiger partial charge >= 0.3 is 0 Å². The van der Waals surface area contributed by atoms with Crippen LogP contribution < -0.4 is 10.1 Å². The first-order valence-corrected chi connectivity index (χ1v) is 6.15. The average Bonchev–Trinajstić information content (AvgIpc) is 2.91. The van der Waals surface area contributed by atoms with Crippen LogP contribution in [0.2, 0.25) is 0 Å². The molecule has 1 amide bonds. The Morgan fingerprint density at radius 2 is 2.12 bits per heavy atom. The van der Waals surface area contributed by atoms with Crippen molar-refractivity contribution in [3.63, 3.8) is 0 Å². The Morgan fingerprint density at radius 1 is 1.29 bits per heavy atom. The van der Waals surface area contributed by atoms with E-state index >= 15 is 0 Å². The maximum absolute atomic E-state index is 12.3. The molecule has 1 aromatic rings. The number of likely N-dealkylation sites (tertiary alicyclic amines) is 1. The number of carbonyl (C=O) groups is 1. The number of amides is 1. The van der Waals surface area contributed by atoms with Crippen molar-refractivity contribution in [1.82, 2.24) is 4.90 Å². The molecule has 2 heterocycles. The molecule has 4 heteroatoms. The quantitative estimate of drug-likeness (QED) is 0.801. The van der Waals surface area contributed by atoms with Crippen molar-refractivity contribution >= 4 is 11.6 Å². The first-order chi connectivity index (χ1) is 8.36. The standard InChI is InChI=1S/C13H16N2O2/c16-13(15-7-1-2-8-15)10-4-3-5-11-12(10)17-9-6-14-11/h3-5,14H,1-2,6-9H2. The van der Waals surface area contributed by atoms with Gasteiger partial charge in [0.15, 0.2) is 5.75 Å². The molecule has 0 saturated carbocycles. The van der Waals surface area contributed by atoms with Gasteiger partial charge in [0, 0.05) is 19.6 Å². The molecule has 1 aromatic carbocycles. The van der Waals surface area contributed by atoms with Gasteiger partial charge in [0.1, 0.15) is 6.61 Å². The molecule has 17 heavy (non-hydrogen) atoms. The van der Waals surface area contributed by atoms with Crippen molar-refractivity contribution in [3.8, 4) is 5.75 Å². The van der Waals surface area contributed by atoms with Gasteiger partial charge in [-0.15, -0.1) is 0 Å². The Balaban J connectivity index is 1.94. The Bertz CT molecular complexity index is 439. The number of fused-ring (bicyclic) bond motifs is 1. The number of para-hydroxylation sites is 1. The summed E-state index contributed by atoms with van der Waals surface area (Å²) in [4.78, 5) is 14.2. The summed E-state index contributed by atoms with van der Waals surface area (Å²) in [5, 5.41) is 3.25. The third-order valence-corrected chi connectivity index (χ3v) is 3.30. The van der Waals surface area contributed by atoms with Gasteiger partial charge in [-0.05, 0) is 25.0 Å². The molecule has 3 rings (SSSR count). The first-order valence-electron chi connectivity index (χ1n) is 6.15. The summed E-state index contributed by atoms with van der Waals surface area (Å²) in [5.41, 5.74) is 1.62. The summed E-state index contributed by atoms with van der Waals surface area (Å²) >= 11 is 0. The van der Waals surface area contributed by atoms with Crippen LogP contribution in [-0.4, -0.2) is 37.0 Å².